The van der Waals surface area contributed by atoms with Crippen molar-refractivity contribution in [2.45, 2.75) is 52.6 Å². The predicted molar refractivity (Wildman–Crippen MR) is 77.9 cm³/mol. The Morgan fingerprint density at radius 2 is 1.78 bits per heavy atom. The summed E-state index contributed by atoms with van der Waals surface area (Å²) in [4.78, 5) is 2.67. The molecule has 0 bridgehead atoms. The second-order valence-electron chi connectivity index (χ2n) is 6.31. The lowest BCUT2D eigenvalue weighted by Gasteiger charge is -2.39. The number of rotatable bonds is 7. The number of nitrogens with one attached hydrogen (secondary N) is 1. The molecule has 3 nitrogen and oxygen atoms in total. The fourth-order valence-corrected chi connectivity index (χ4v) is 2.83. The van der Waals surface area contributed by atoms with Gasteiger partial charge in [0.15, 0.2) is 0 Å². The Hall–Kier alpha value is -0.120. The van der Waals surface area contributed by atoms with Crippen molar-refractivity contribution in [2.75, 3.05) is 33.4 Å². The number of hydrogen-bond donors (Lipinski definition) is 1. The molecule has 0 amide bonds. The summed E-state index contributed by atoms with van der Waals surface area (Å²) in [6, 6.07) is 1.26. The van der Waals surface area contributed by atoms with Crippen molar-refractivity contribution < 1.29 is 4.74 Å². The number of hydrogen-bond acceptors (Lipinski definition) is 3. The molecule has 1 heterocycles. The fourth-order valence-electron chi connectivity index (χ4n) is 2.83. The van der Waals surface area contributed by atoms with Crippen LogP contribution in [0.2, 0.25) is 0 Å². The molecule has 1 saturated heterocycles. The maximum absolute atomic E-state index is 5.27. The molecule has 1 aliphatic rings. The number of methoxy groups -OCH3 is 1. The first-order valence-electron chi connectivity index (χ1n) is 7.51. The molecule has 1 aliphatic heterocycles. The van der Waals surface area contributed by atoms with Gasteiger partial charge in [-0.1, -0.05) is 27.7 Å². The lowest BCUT2D eigenvalue weighted by Crippen LogP contribution is -2.50. The van der Waals surface area contributed by atoms with Crippen molar-refractivity contribution in [2.24, 2.45) is 11.8 Å². The molecular formula is C15H32N2O. The van der Waals surface area contributed by atoms with Crippen LogP contribution in [0.3, 0.4) is 0 Å². The average Bonchev–Trinajstić information content (AvgIpc) is 2.31. The van der Waals surface area contributed by atoms with Gasteiger partial charge in [-0.25, -0.2) is 0 Å². The first kappa shape index (κ1) is 15.9. The average molecular weight is 256 g/mol. The zero-order valence-corrected chi connectivity index (χ0v) is 12.9. The highest BCUT2D eigenvalue weighted by atomic mass is 16.5. The SMILES string of the molecule is COCC1CCN(C(CNC(C)C)C(C)C)CC1. The van der Waals surface area contributed by atoms with E-state index in [0.717, 1.165) is 25.0 Å². The molecule has 0 aliphatic carbocycles. The van der Waals surface area contributed by atoms with Gasteiger partial charge in [-0.15, -0.1) is 0 Å². The van der Waals surface area contributed by atoms with Crippen molar-refractivity contribution in [3.63, 3.8) is 0 Å². The highest BCUT2D eigenvalue weighted by Gasteiger charge is 2.26. The zero-order valence-electron chi connectivity index (χ0n) is 12.9. The van der Waals surface area contributed by atoms with E-state index in [1.165, 1.54) is 25.9 Å². The molecule has 1 N–H and O–H groups in total. The second kappa shape index (κ2) is 8.13. The third-order valence-corrected chi connectivity index (χ3v) is 4.03. The quantitative estimate of drug-likeness (QED) is 0.757. The molecule has 1 fully saturated rings. The van der Waals surface area contributed by atoms with Crippen LogP contribution in [0.25, 0.3) is 0 Å². The van der Waals surface area contributed by atoms with Crippen molar-refractivity contribution in [3.05, 3.63) is 0 Å². The van der Waals surface area contributed by atoms with Crippen molar-refractivity contribution >= 4 is 0 Å². The molecular weight excluding hydrogens is 224 g/mol. The Labute approximate surface area is 113 Å². The van der Waals surface area contributed by atoms with Crippen LogP contribution in [-0.4, -0.2) is 50.3 Å². The smallest absolute Gasteiger partial charge is 0.0491 e. The standard InChI is InChI=1S/C15H32N2O/c1-12(2)15(10-16-13(3)4)17-8-6-14(7-9-17)11-18-5/h12-16H,6-11H2,1-5H3. The van der Waals surface area contributed by atoms with Gasteiger partial charge in [-0.2, -0.15) is 0 Å². The van der Waals surface area contributed by atoms with Crippen LogP contribution < -0.4 is 5.32 Å². The van der Waals surface area contributed by atoms with Crippen LogP contribution in [-0.2, 0) is 4.74 Å². The molecule has 1 rings (SSSR count). The molecule has 0 spiro atoms. The molecule has 0 radical (unpaired) electrons. The van der Waals surface area contributed by atoms with Gasteiger partial charge in [0.2, 0.25) is 0 Å². The Kier molecular flexibility index (Phi) is 7.20. The van der Waals surface area contributed by atoms with Crippen LogP contribution >= 0.6 is 0 Å². The van der Waals surface area contributed by atoms with Crippen molar-refractivity contribution in [1.82, 2.24) is 10.2 Å². The normalized spacial score (nSPS) is 20.8. The summed E-state index contributed by atoms with van der Waals surface area (Å²) in [5.41, 5.74) is 0. The summed E-state index contributed by atoms with van der Waals surface area (Å²) in [6.45, 7) is 13.6. The van der Waals surface area contributed by atoms with Crippen molar-refractivity contribution in [3.8, 4) is 0 Å². The van der Waals surface area contributed by atoms with Gasteiger partial charge >= 0.3 is 0 Å². The van der Waals surface area contributed by atoms with Crippen LogP contribution in [0.1, 0.15) is 40.5 Å². The summed E-state index contributed by atoms with van der Waals surface area (Å²) in [7, 11) is 1.82. The van der Waals surface area contributed by atoms with Crippen LogP contribution in [0, 0.1) is 11.8 Å². The second-order valence-corrected chi connectivity index (χ2v) is 6.31. The first-order chi connectivity index (χ1) is 8.54. The molecule has 0 saturated carbocycles. The maximum atomic E-state index is 5.27. The largest absolute Gasteiger partial charge is 0.384 e. The van der Waals surface area contributed by atoms with E-state index in [9.17, 15) is 0 Å². The summed E-state index contributed by atoms with van der Waals surface area (Å²) in [6.07, 6.45) is 2.58. The minimum absolute atomic E-state index is 0.581. The van der Waals surface area contributed by atoms with Gasteiger partial charge in [0.25, 0.3) is 0 Å². The summed E-state index contributed by atoms with van der Waals surface area (Å²) >= 11 is 0. The van der Waals surface area contributed by atoms with Gasteiger partial charge in [0, 0.05) is 32.3 Å². The summed E-state index contributed by atoms with van der Waals surface area (Å²) in [5.74, 6) is 1.49. The minimum atomic E-state index is 0.581. The minimum Gasteiger partial charge on any atom is -0.384 e. The third-order valence-electron chi connectivity index (χ3n) is 4.03. The van der Waals surface area contributed by atoms with Crippen LogP contribution in [0.4, 0.5) is 0 Å². The zero-order chi connectivity index (χ0) is 13.5. The highest BCUT2D eigenvalue weighted by molar-refractivity contribution is 4.82. The van der Waals surface area contributed by atoms with E-state index in [0.29, 0.717) is 12.1 Å². The van der Waals surface area contributed by atoms with Gasteiger partial charge in [0.1, 0.15) is 0 Å². The van der Waals surface area contributed by atoms with E-state index in [1.807, 2.05) is 7.11 Å². The number of piperidine rings is 1. The van der Waals surface area contributed by atoms with E-state index in [2.05, 4.69) is 37.9 Å². The van der Waals surface area contributed by atoms with E-state index < -0.39 is 0 Å². The number of likely N-dealkylation sites (tertiary alicyclic amines) is 1. The van der Waals surface area contributed by atoms with Crippen molar-refractivity contribution in [1.29, 1.82) is 0 Å². The number of ether oxygens (including phenoxy) is 1. The maximum Gasteiger partial charge on any atom is 0.0491 e. The molecule has 18 heavy (non-hydrogen) atoms. The van der Waals surface area contributed by atoms with Gasteiger partial charge < -0.3 is 10.1 Å². The molecule has 0 aromatic heterocycles. The Bertz CT molecular complexity index is 211. The van der Waals surface area contributed by atoms with Gasteiger partial charge in [0.05, 0.1) is 0 Å². The predicted octanol–water partition coefficient (Wildman–Crippen LogP) is 2.37. The molecule has 108 valence electrons. The van der Waals surface area contributed by atoms with Gasteiger partial charge in [-0.3, -0.25) is 4.90 Å². The van der Waals surface area contributed by atoms with Crippen LogP contribution in [0.5, 0.6) is 0 Å². The molecule has 0 aromatic rings. The summed E-state index contributed by atoms with van der Waals surface area (Å²) in [5, 5.41) is 3.59. The Morgan fingerprint density at radius 1 is 1.17 bits per heavy atom. The topological polar surface area (TPSA) is 24.5 Å². The van der Waals surface area contributed by atoms with E-state index in [-0.39, 0.29) is 0 Å². The Morgan fingerprint density at radius 3 is 2.22 bits per heavy atom. The molecule has 1 atom stereocenters. The van der Waals surface area contributed by atoms with Gasteiger partial charge in [-0.05, 0) is 37.8 Å². The lowest BCUT2D eigenvalue weighted by molar-refractivity contribution is 0.0655. The number of nitrogens with zero attached hydrogens (tertiary/aromatic N) is 1. The summed E-state index contributed by atoms with van der Waals surface area (Å²) < 4.78 is 5.27. The monoisotopic (exact) mass is 256 g/mol. The fraction of sp³-hybridized carbons (Fsp3) is 1.00. The van der Waals surface area contributed by atoms with E-state index in [1.54, 1.807) is 0 Å². The Balaban J connectivity index is 2.40. The third kappa shape index (κ3) is 5.25. The first-order valence-corrected chi connectivity index (χ1v) is 7.51. The van der Waals surface area contributed by atoms with E-state index >= 15 is 0 Å². The van der Waals surface area contributed by atoms with E-state index in [4.69, 9.17) is 4.74 Å². The molecule has 1 unspecified atom stereocenters. The van der Waals surface area contributed by atoms with Crippen LogP contribution in [0.15, 0.2) is 0 Å². The lowest BCUT2D eigenvalue weighted by atomic mass is 9.93. The molecule has 0 aromatic carbocycles. The molecule has 3 heteroatoms. The highest BCUT2D eigenvalue weighted by Crippen LogP contribution is 2.21.